The molecular weight excluding hydrogens is 857 g/mol. The summed E-state index contributed by atoms with van der Waals surface area (Å²) in [6.45, 7) is 0. The van der Waals surface area contributed by atoms with Gasteiger partial charge < -0.3 is 23.7 Å². The summed E-state index contributed by atoms with van der Waals surface area (Å²) in [6, 6.07) is 86.4. The highest BCUT2D eigenvalue weighted by molar-refractivity contribution is 6.07. The molecule has 0 bridgehead atoms. The minimum atomic E-state index is -0.516. The molecule has 0 N–H and O–H groups in total. The lowest BCUT2D eigenvalue weighted by atomic mass is 9.70. The molecule has 15 rings (SSSR count). The molecule has 0 amide bonds. The summed E-state index contributed by atoms with van der Waals surface area (Å²) in [6.07, 6.45) is 0. The molecule has 3 aliphatic rings. The van der Waals surface area contributed by atoms with Crippen molar-refractivity contribution in [3.63, 3.8) is 0 Å². The van der Waals surface area contributed by atoms with Gasteiger partial charge in [-0.05, 0) is 123 Å². The van der Waals surface area contributed by atoms with E-state index >= 15 is 0 Å². The maximum Gasteiger partial charge on any atom is 0.196 e. The van der Waals surface area contributed by atoms with E-state index in [9.17, 15) is 0 Å². The van der Waals surface area contributed by atoms with Crippen LogP contribution in [0.5, 0.6) is 23.0 Å². The van der Waals surface area contributed by atoms with Crippen molar-refractivity contribution >= 4 is 66.8 Å². The monoisotopic (exact) mass is 896 g/mol. The van der Waals surface area contributed by atoms with Crippen molar-refractivity contribution < 1.29 is 13.9 Å². The molecule has 5 heteroatoms. The first-order valence-corrected chi connectivity index (χ1v) is 23.8. The van der Waals surface area contributed by atoms with E-state index in [4.69, 9.17) is 13.9 Å². The van der Waals surface area contributed by atoms with Gasteiger partial charge in [0.15, 0.2) is 23.0 Å². The average Bonchev–Trinajstić information content (AvgIpc) is 4.05. The summed E-state index contributed by atoms with van der Waals surface area (Å²) < 4.78 is 21.2. The van der Waals surface area contributed by atoms with Crippen molar-refractivity contribution in [1.82, 2.24) is 0 Å². The van der Waals surface area contributed by atoms with Gasteiger partial charge in [-0.3, -0.25) is 0 Å². The topological polar surface area (TPSA) is 38.1 Å². The second-order valence-electron chi connectivity index (χ2n) is 18.3. The molecule has 0 radical (unpaired) electrons. The third-order valence-electron chi connectivity index (χ3n) is 14.7. The summed E-state index contributed by atoms with van der Waals surface area (Å²) in [5, 5.41) is 4.28. The van der Waals surface area contributed by atoms with Crippen LogP contribution >= 0.6 is 0 Å². The van der Waals surface area contributed by atoms with Gasteiger partial charge in [0.2, 0.25) is 0 Å². The van der Waals surface area contributed by atoms with E-state index < -0.39 is 5.41 Å². The standard InChI is InChI=1S/C65H40N2O3/c1-3-20-43(21-4-1)66(45-34-35-49-48-26-12-16-33-58(48)68-59(49)40-45)56-36-37-57(64-63(56)69-60-38-41-18-7-8-19-42(41)39-61(60)70-64)67(44-22-5-2-6-23-44)55-32-17-31-54-62(55)50-27-11-15-30-53(50)65(54)51-28-13-9-24-46(51)47-25-10-14-29-52(47)65/h1-40H. The molecule has 70 heavy (non-hydrogen) atoms. The van der Waals surface area contributed by atoms with Crippen molar-refractivity contribution in [2.45, 2.75) is 5.41 Å². The number of ether oxygens (including phenoxy) is 2. The van der Waals surface area contributed by atoms with Crippen molar-refractivity contribution in [3.8, 4) is 45.3 Å². The van der Waals surface area contributed by atoms with Gasteiger partial charge in [0.25, 0.3) is 0 Å². The van der Waals surface area contributed by atoms with Crippen molar-refractivity contribution in [2.75, 3.05) is 9.80 Å². The van der Waals surface area contributed by atoms with E-state index in [0.717, 1.165) is 66.8 Å². The zero-order chi connectivity index (χ0) is 45.9. The molecule has 328 valence electrons. The van der Waals surface area contributed by atoms with E-state index in [1.54, 1.807) is 0 Å². The Labute approximate surface area is 404 Å². The van der Waals surface area contributed by atoms with E-state index in [1.807, 2.05) is 18.2 Å². The SMILES string of the molecule is c1ccc(N(c2ccc3c(c2)oc2ccccc23)c2ccc(N(c3ccccc3)c3cccc4c3-c3ccccc3C43c4ccccc4-c4ccccc43)c3c2Oc2cc4ccccc4cc2O3)cc1. The molecule has 0 fully saturated rings. The predicted molar refractivity (Wildman–Crippen MR) is 283 cm³/mol. The molecule has 0 atom stereocenters. The third kappa shape index (κ3) is 5.43. The van der Waals surface area contributed by atoms with E-state index in [2.05, 4.69) is 234 Å². The molecule has 1 spiro atoms. The van der Waals surface area contributed by atoms with Gasteiger partial charge in [-0.2, -0.15) is 0 Å². The molecule has 2 heterocycles. The van der Waals surface area contributed by atoms with Gasteiger partial charge in [0.1, 0.15) is 11.2 Å². The fourth-order valence-electron chi connectivity index (χ4n) is 11.8. The van der Waals surface area contributed by atoms with Crippen molar-refractivity contribution in [2.24, 2.45) is 0 Å². The zero-order valence-corrected chi connectivity index (χ0v) is 37.7. The second kappa shape index (κ2) is 14.8. The number of rotatable bonds is 6. The smallest absolute Gasteiger partial charge is 0.196 e. The maximum absolute atomic E-state index is 7.38. The van der Waals surface area contributed by atoms with Crippen molar-refractivity contribution in [3.05, 3.63) is 265 Å². The lowest BCUT2D eigenvalue weighted by molar-refractivity contribution is 0.362. The molecular formula is C65H40N2O3. The number of hydrogen-bond donors (Lipinski definition) is 0. The number of benzene rings is 11. The fourth-order valence-corrected chi connectivity index (χ4v) is 11.8. The van der Waals surface area contributed by atoms with E-state index in [0.29, 0.717) is 23.0 Å². The molecule has 2 aliphatic carbocycles. The number of fused-ring (bicyclic) bond motifs is 16. The largest absolute Gasteiger partial charge is 0.456 e. The number of para-hydroxylation sites is 3. The Balaban J connectivity index is 1.00. The lowest BCUT2D eigenvalue weighted by Gasteiger charge is -2.35. The predicted octanol–water partition coefficient (Wildman–Crippen LogP) is 17.9. The summed E-state index contributed by atoms with van der Waals surface area (Å²) >= 11 is 0. The molecule has 1 aromatic heterocycles. The van der Waals surface area contributed by atoms with Crippen LogP contribution < -0.4 is 19.3 Å². The van der Waals surface area contributed by atoms with Gasteiger partial charge in [-0.25, -0.2) is 0 Å². The van der Waals surface area contributed by atoms with E-state index in [-0.39, 0.29) is 0 Å². The van der Waals surface area contributed by atoms with Crippen LogP contribution in [-0.4, -0.2) is 0 Å². The second-order valence-corrected chi connectivity index (χ2v) is 18.3. The van der Waals surface area contributed by atoms with Gasteiger partial charge >= 0.3 is 0 Å². The maximum atomic E-state index is 7.38. The van der Waals surface area contributed by atoms with Crippen LogP contribution in [0, 0.1) is 0 Å². The lowest BCUT2D eigenvalue weighted by Crippen LogP contribution is -2.26. The molecule has 0 saturated carbocycles. The van der Waals surface area contributed by atoms with Crippen LogP contribution in [0.2, 0.25) is 0 Å². The zero-order valence-electron chi connectivity index (χ0n) is 37.7. The summed E-state index contributed by atoms with van der Waals surface area (Å²) in [7, 11) is 0. The first-order chi connectivity index (χ1) is 34.7. The highest BCUT2D eigenvalue weighted by atomic mass is 16.6. The fraction of sp³-hybridized carbons (Fsp3) is 0.0154. The van der Waals surface area contributed by atoms with Gasteiger partial charge in [-0.15, -0.1) is 0 Å². The summed E-state index contributed by atoms with van der Waals surface area (Å²) in [5.41, 5.74) is 16.7. The van der Waals surface area contributed by atoms with Crippen LogP contribution in [0.4, 0.5) is 34.1 Å². The average molecular weight is 897 g/mol. The Morgan fingerprint density at radius 3 is 1.47 bits per heavy atom. The third-order valence-corrected chi connectivity index (χ3v) is 14.7. The summed E-state index contributed by atoms with van der Waals surface area (Å²) in [5.74, 6) is 2.49. The van der Waals surface area contributed by atoms with Crippen LogP contribution in [-0.2, 0) is 5.41 Å². The molecule has 11 aromatic carbocycles. The molecule has 0 unspecified atom stereocenters. The molecule has 1 aliphatic heterocycles. The summed E-state index contributed by atoms with van der Waals surface area (Å²) in [4.78, 5) is 4.61. The Bertz CT molecular complexity index is 4060. The molecule has 12 aromatic rings. The van der Waals surface area contributed by atoms with Crippen molar-refractivity contribution in [1.29, 1.82) is 0 Å². The highest BCUT2D eigenvalue weighted by Gasteiger charge is 2.52. The molecule has 0 saturated heterocycles. The Morgan fingerprint density at radius 2 is 0.814 bits per heavy atom. The Kier molecular flexibility index (Phi) is 8.21. The minimum absolute atomic E-state index is 0.516. The van der Waals surface area contributed by atoms with Crippen LogP contribution in [0.3, 0.4) is 0 Å². The highest BCUT2D eigenvalue weighted by Crippen LogP contribution is 2.66. The first-order valence-electron chi connectivity index (χ1n) is 23.8. The minimum Gasteiger partial charge on any atom is -0.456 e. The van der Waals surface area contributed by atoms with E-state index in [1.165, 1.54) is 44.5 Å². The van der Waals surface area contributed by atoms with Crippen LogP contribution in [0.15, 0.2) is 247 Å². The first kappa shape index (κ1) is 38.8. The van der Waals surface area contributed by atoms with Crippen LogP contribution in [0.1, 0.15) is 22.3 Å². The Hall–Kier alpha value is -9.32. The van der Waals surface area contributed by atoms with Gasteiger partial charge in [0, 0.05) is 33.8 Å². The Morgan fingerprint density at radius 1 is 0.314 bits per heavy atom. The number of furan rings is 1. The van der Waals surface area contributed by atoms with Crippen LogP contribution in [0.25, 0.3) is 55.0 Å². The quantitative estimate of drug-likeness (QED) is 0.166. The number of nitrogens with zero attached hydrogens (tertiary/aromatic N) is 2. The number of hydrogen-bond acceptors (Lipinski definition) is 5. The van der Waals surface area contributed by atoms with Gasteiger partial charge in [0.05, 0.1) is 28.2 Å². The number of anilines is 6. The van der Waals surface area contributed by atoms with Gasteiger partial charge in [-0.1, -0.05) is 164 Å². The molecule has 5 nitrogen and oxygen atoms in total. The normalized spacial score (nSPS) is 13.2.